The molecule has 0 radical (unpaired) electrons. The maximum atomic E-state index is 12.6. The van der Waals surface area contributed by atoms with Crippen molar-refractivity contribution in [3.63, 3.8) is 0 Å². The molecule has 0 aliphatic heterocycles. The summed E-state index contributed by atoms with van der Waals surface area (Å²) in [6, 6.07) is 3.78. The molecule has 1 aromatic heterocycles. The average molecular weight is 327 g/mol. The molecule has 114 valence electrons. The first-order valence-corrected chi connectivity index (χ1v) is 6.29. The second kappa shape index (κ2) is 5.30. The van der Waals surface area contributed by atoms with Crippen LogP contribution >= 0.6 is 11.3 Å². The zero-order chi connectivity index (χ0) is 15.8. The van der Waals surface area contributed by atoms with Crippen LogP contribution in [0.5, 0.6) is 0 Å². The predicted molar refractivity (Wildman–Crippen MR) is 62.6 cm³/mol. The number of hydrogen-bond donors (Lipinski definition) is 1. The Hall–Kier alpha value is -1.61. The third-order valence-corrected chi connectivity index (χ3v) is 3.66. The van der Waals surface area contributed by atoms with Crippen molar-refractivity contribution in [3.05, 3.63) is 51.5 Å². The Morgan fingerprint density at radius 1 is 1.05 bits per heavy atom. The van der Waals surface area contributed by atoms with Gasteiger partial charge in [-0.25, -0.2) is 4.98 Å². The number of nitrogens with zero attached hydrogens (tertiary/aromatic N) is 1. The summed E-state index contributed by atoms with van der Waals surface area (Å²) in [6.07, 6.45) is -10.0. The van der Waals surface area contributed by atoms with Gasteiger partial charge in [0.05, 0.1) is 10.4 Å². The van der Waals surface area contributed by atoms with Crippen molar-refractivity contribution < 1.29 is 31.4 Å². The van der Waals surface area contributed by atoms with E-state index in [0.29, 0.717) is 6.07 Å². The summed E-state index contributed by atoms with van der Waals surface area (Å²) < 4.78 is 74.9. The molecule has 1 atom stereocenters. The van der Waals surface area contributed by atoms with Crippen molar-refractivity contribution in [2.75, 3.05) is 0 Å². The first kappa shape index (κ1) is 15.8. The SMILES string of the molecule is OC(c1cccc(C(F)(F)F)c1)c1cnc(C(F)(F)F)s1. The van der Waals surface area contributed by atoms with Crippen LogP contribution in [0.25, 0.3) is 0 Å². The summed E-state index contributed by atoms with van der Waals surface area (Å²) >= 11 is 0.189. The molecule has 0 saturated heterocycles. The molecule has 0 saturated carbocycles. The highest BCUT2D eigenvalue weighted by atomic mass is 32.1. The zero-order valence-corrected chi connectivity index (χ0v) is 10.9. The third kappa shape index (κ3) is 3.53. The number of aliphatic hydroxyl groups excluding tert-OH is 1. The minimum Gasteiger partial charge on any atom is -0.383 e. The van der Waals surface area contributed by atoms with E-state index < -0.39 is 29.0 Å². The Balaban J connectivity index is 2.32. The van der Waals surface area contributed by atoms with Gasteiger partial charge in [-0.3, -0.25) is 0 Å². The summed E-state index contributed by atoms with van der Waals surface area (Å²) in [5.41, 5.74) is -1.14. The molecule has 2 rings (SSSR count). The van der Waals surface area contributed by atoms with E-state index in [4.69, 9.17) is 0 Å². The number of benzene rings is 1. The smallest absolute Gasteiger partial charge is 0.383 e. The average Bonchev–Trinajstić information content (AvgIpc) is 2.86. The lowest BCUT2D eigenvalue weighted by Gasteiger charge is -2.12. The van der Waals surface area contributed by atoms with Crippen LogP contribution in [0.1, 0.15) is 27.1 Å². The Morgan fingerprint density at radius 2 is 1.71 bits per heavy atom. The fourth-order valence-corrected chi connectivity index (χ4v) is 2.39. The normalized spacial score (nSPS) is 14.2. The van der Waals surface area contributed by atoms with Gasteiger partial charge in [0, 0.05) is 6.20 Å². The summed E-state index contributed by atoms with van der Waals surface area (Å²) in [6.45, 7) is 0. The van der Waals surface area contributed by atoms with E-state index in [0.717, 1.165) is 18.3 Å². The molecule has 2 nitrogen and oxygen atoms in total. The summed E-state index contributed by atoms with van der Waals surface area (Å²) in [5.74, 6) is 0. The fourth-order valence-electron chi connectivity index (χ4n) is 1.59. The maximum Gasteiger partial charge on any atom is 0.443 e. The highest BCUT2D eigenvalue weighted by Crippen LogP contribution is 2.37. The number of aromatic nitrogens is 1. The first-order chi connectivity index (χ1) is 9.59. The second-order valence-corrected chi connectivity index (χ2v) is 5.15. The van der Waals surface area contributed by atoms with E-state index in [9.17, 15) is 31.4 Å². The Labute approximate surface area is 118 Å². The maximum absolute atomic E-state index is 12.6. The molecular formula is C12H7F6NOS. The number of hydrogen-bond acceptors (Lipinski definition) is 3. The minimum atomic E-state index is -4.66. The van der Waals surface area contributed by atoms with Crippen molar-refractivity contribution in [1.82, 2.24) is 4.98 Å². The van der Waals surface area contributed by atoms with E-state index in [2.05, 4.69) is 4.98 Å². The molecule has 0 spiro atoms. The second-order valence-electron chi connectivity index (χ2n) is 4.09. The molecule has 0 aliphatic carbocycles. The zero-order valence-electron chi connectivity index (χ0n) is 10.0. The van der Waals surface area contributed by atoms with E-state index in [1.54, 1.807) is 0 Å². The quantitative estimate of drug-likeness (QED) is 0.836. The Morgan fingerprint density at radius 3 is 2.24 bits per heavy atom. The van der Waals surface area contributed by atoms with Crippen LogP contribution in [-0.2, 0) is 12.4 Å². The molecule has 0 aliphatic rings. The largest absolute Gasteiger partial charge is 0.443 e. The highest BCUT2D eigenvalue weighted by molar-refractivity contribution is 7.11. The van der Waals surface area contributed by atoms with Gasteiger partial charge in [0.1, 0.15) is 6.10 Å². The standard InChI is InChI=1S/C12H7F6NOS/c13-11(14,15)7-3-1-2-6(4-7)9(20)8-5-19-10(21-8)12(16,17)18/h1-5,9,20H. The fraction of sp³-hybridized carbons (Fsp3) is 0.250. The molecule has 0 bridgehead atoms. The van der Waals surface area contributed by atoms with Crippen LogP contribution in [-0.4, -0.2) is 10.1 Å². The number of thiazole rings is 1. The third-order valence-electron chi connectivity index (χ3n) is 2.57. The predicted octanol–water partition coefficient (Wildman–Crippen LogP) is 4.26. The van der Waals surface area contributed by atoms with Gasteiger partial charge < -0.3 is 5.11 Å². The van der Waals surface area contributed by atoms with Gasteiger partial charge >= 0.3 is 12.4 Å². The summed E-state index contributed by atoms with van der Waals surface area (Å²) in [7, 11) is 0. The van der Waals surface area contributed by atoms with Crippen LogP contribution in [0, 0.1) is 0 Å². The summed E-state index contributed by atoms with van der Waals surface area (Å²) in [4.78, 5) is 2.94. The number of rotatable bonds is 2. The van der Waals surface area contributed by atoms with E-state index >= 15 is 0 Å². The van der Waals surface area contributed by atoms with Crippen LogP contribution < -0.4 is 0 Å². The van der Waals surface area contributed by atoms with Crippen LogP contribution in [0.2, 0.25) is 0 Å². The van der Waals surface area contributed by atoms with Gasteiger partial charge in [0.2, 0.25) is 0 Å². The van der Waals surface area contributed by atoms with Crippen molar-refractivity contribution in [3.8, 4) is 0 Å². The van der Waals surface area contributed by atoms with Crippen LogP contribution in [0.4, 0.5) is 26.3 Å². The Bertz CT molecular complexity index is 633. The van der Waals surface area contributed by atoms with Crippen molar-refractivity contribution >= 4 is 11.3 Å². The molecule has 1 unspecified atom stereocenters. The number of alkyl halides is 6. The lowest BCUT2D eigenvalue weighted by Crippen LogP contribution is -2.07. The molecular weight excluding hydrogens is 320 g/mol. The van der Waals surface area contributed by atoms with Gasteiger partial charge in [-0.2, -0.15) is 26.3 Å². The van der Waals surface area contributed by atoms with Gasteiger partial charge in [0.15, 0.2) is 5.01 Å². The molecule has 0 fully saturated rings. The molecule has 9 heteroatoms. The molecule has 2 aromatic rings. The van der Waals surface area contributed by atoms with Gasteiger partial charge in [0.25, 0.3) is 0 Å². The minimum absolute atomic E-state index is 0.151. The van der Waals surface area contributed by atoms with E-state index in [1.807, 2.05) is 0 Å². The van der Waals surface area contributed by atoms with E-state index in [-0.39, 0.29) is 21.8 Å². The molecule has 21 heavy (non-hydrogen) atoms. The summed E-state index contributed by atoms with van der Waals surface area (Å²) in [5, 5.41) is 8.73. The van der Waals surface area contributed by atoms with Gasteiger partial charge in [-0.15, -0.1) is 11.3 Å². The van der Waals surface area contributed by atoms with Crippen molar-refractivity contribution in [1.29, 1.82) is 0 Å². The monoisotopic (exact) mass is 327 g/mol. The lowest BCUT2D eigenvalue weighted by atomic mass is 10.1. The Kier molecular flexibility index (Phi) is 3.98. The van der Waals surface area contributed by atoms with Gasteiger partial charge in [-0.1, -0.05) is 12.1 Å². The van der Waals surface area contributed by atoms with Crippen LogP contribution in [0.3, 0.4) is 0 Å². The topological polar surface area (TPSA) is 33.1 Å². The lowest BCUT2D eigenvalue weighted by molar-refractivity contribution is -0.138. The number of halogens is 6. The number of aliphatic hydroxyl groups is 1. The van der Waals surface area contributed by atoms with Crippen molar-refractivity contribution in [2.45, 2.75) is 18.5 Å². The van der Waals surface area contributed by atoms with E-state index in [1.165, 1.54) is 6.07 Å². The molecule has 1 aromatic carbocycles. The molecule has 0 amide bonds. The highest BCUT2D eigenvalue weighted by Gasteiger charge is 2.35. The van der Waals surface area contributed by atoms with Gasteiger partial charge in [-0.05, 0) is 17.7 Å². The van der Waals surface area contributed by atoms with Crippen LogP contribution in [0.15, 0.2) is 30.5 Å². The first-order valence-electron chi connectivity index (χ1n) is 5.47. The molecule has 1 N–H and O–H groups in total. The van der Waals surface area contributed by atoms with Crippen molar-refractivity contribution in [2.24, 2.45) is 0 Å². The molecule has 1 heterocycles.